The Bertz CT molecular complexity index is 497. The number of nitrogens with zero attached hydrogens (tertiary/aromatic N) is 1. The zero-order valence-electron chi connectivity index (χ0n) is 11.2. The maximum Gasteiger partial charge on any atom is 0.313 e. The first-order chi connectivity index (χ1) is 9.60. The van der Waals surface area contributed by atoms with E-state index in [-0.39, 0.29) is 12.2 Å². The van der Waals surface area contributed by atoms with E-state index in [1.807, 2.05) is 0 Å². The third-order valence-electron chi connectivity index (χ3n) is 3.05. The fourth-order valence-corrected chi connectivity index (χ4v) is 3.36. The minimum absolute atomic E-state index is 0.274. The summed E-state index contributed by atoms with van der Waals surface area (Å²) in [4.78, 5) is 26.3. The quantitative estimate of drug-likeness (QED) is 0.472. The second-order valence-electron chi connectivity index (χ2n) is 4.46. The van der Waals surface area contributed by atoms with Gasteiger partial charge in [-0.25, -0.2) is 0 Å². The van der Waals surface area contributed by atoms with Crippen molar-refractivity contribution >= 4 is 34.7 Å². The summed E-state index contributed by atoms with van der Waals surface area (Å²) in [6.07, 6.45) is -0.274. The number of thiophene rings is 1. The summed E-state index contributed by atoms with van der Waals surface area (Å²) in [5.74, 6) is -0.849. The molecule has 0 saturated carbocycles. The lowest BCUT2D eigenvalue weighted by molar-refractivity contribution is -0.139. The molecule has 0 radical (unpaired) electrons. The first-order valence-corrected chi connectivity index (χ1v) is 7.48. The van der Waals surface area contributed by atoms with Gasteiger partial charge < -0.3 is 9.47 Å². The highest BCUT2D eigenvalue weighted by molar-refractivity contribution is 7.16. The predicted molar refractivity (Wildman–Crippen MR) is 76.4 cm³/mol. The van der Waals surface area contributed by atoms with E-state index in [0.29, 0.717) is 9.90 Å². The molecule has 1 saturated heterocycles. The van der Waals surface area contributed by atoms with Crippen LogP contribution in [0.25, 0.3) is 0 Å². The molecule has 7 heteroatoms. The Morgan fingerprint density at radius 1 is 1.45 bits per heavy atom. The van der Waals surface area contributed by atoms with E-state index in [9.17, 15) is 9.59 Å². The Labute approximate surface area is 126 Å². The Morgan fingerprint density at radius 3 is 2.80 bits per heavy atom. The molecule has 0 aromatic carbocycles. The number of methoxy groups -OCH3 is 1. The molecule has 20 heavy (non-hydrogen) atoms. The molecule has 0 spiro atoms. The number of ketones is 1. The van der Waals surface area contributed by atoms with Crippen molar-refractivity contribution in [1.29, 1.82) is 0 Å². The summed E-state index contributed by atoms with van der Waals surface area (Å²) < 4.78 is 10.2. The summed E-state index contributed by atoms with van der Waals surface area (Å²) in [5.41, 5.74) is 0.408. The van der Waals surface area contributed by atoms with Gasteiger partial charge in [0.05, 0.1) is 20.3 Å². The maximum atomic E-state index is 11.9. The van der Waals surface area contributed by atoms with Crippen molar-refractivity contribution in [2.45, 2.75) is 13.0 Å². The van der Waals surface area contributed by atoms with Crippen molar-refractivity contribution < 1.29 is 19.1 Å². The second kappa shape index (κ2) is 7.17. The number of halogens is 1. The highest BCUT2D eigenvalue weighted by Crippen LogP contribution is 2.29. The predicted octanol–water partition coefficient (Wildman–Crippen LogP) is 1.98. The second-order valence-corrected chi connectivity index (χ2v) is 6.20. The van der Waals surface area contributed by atoms with Gasteiger partial charge in [-0.2, -0.15) is 0 Å². The number of rotatable bonds is 5. The summed E-state index contributed by atoms with van der Waals surface area (Å²) in [7, 11) is 1.26. The fourth-order valence-electron chi connectivity index (χ4n) is 1.96. The summed E-state index contributed by atoms with van der Waals surface area (Å²) in [6.45, 7) is 3.96. The SMILES string of the molecule is COC(=O)CC(=O)c1cc(CN2CCOCC2)sc1Cl. The van der Waals surface area contributed by atoms with E-state index < -0.39 is 5.97 Å². The van der Waals surface area contributed by atoms with Gasteiger partial charge in [-0.15, -0.1) is 11.3 Å². The minimum Gasteiger partial charge on any atom is -0.469 e. The van der Waals surface area contributed by atoms with Crippen LogP contribution < -0.4 is 0 Å². The number of esters is 1. The third kappa shape index (κ3) is 4.02. The number of Topliss-reactive ketones (excluding diaryl/α,β-unsaturated/α-hetero) is 1. The lowest BCUT2D eigenvalue weighted by Crippen LogP contribution is -2.35. The average molecular weight is 318 g/mol. The first kappa shape index (κ1) is 15.4. The molecular formula is C13H16ClNO4S. The van der Waals surface area contributed by atoms with Crippen molar-refractivity contribution in [2.75, 3.05) is 33.4 Å². The average Bonchev–Trinajstić information content (AvgIpc) is 2.80. The zero-order chi connectivity index (χ0) is 14.5. The number of carbonyl (C=O) groups excluding carboxylic acids is 2. The topological polar surface area (TPSA) is 55.8 Å². The van der Waals surface area contributed by atoms with E-state index >= 15 is 0 Å². The van der Waals surface area contributed by atoms with Gasteiger partial charge in [0, 0.05) is 30.1 Å². The Hall–Kier alpha value is -0.950. The monoisotopic (exact) mass is 317 g/mol. The largest absolute Gasteiger partial charge is 0.469 e. The smallest absolute Gasteiger partial charge is 0.313 e. The summed E-state index contributed by atoms with van der Waals surface area (Å²) in [6, 6.07) is 1.77. The van der Waals surface area contributed by atoms with Gasteiger partial charge in [0.25, 0.3) is 0 Å². The molecule has 0 unspecified atom stereocenters. The zero-order valence-corrected chi connectivity index (χ0v) is 12.8. The first-order valence-electron chi connectivity index (χ1n) is 6.28. The van der Waals surface area contributed by atoms with Crippen LogP contribution in [0.2, 0.25) is 4.34 Å². The highest BCUT2D eigenvalue weighted by atomic mass is 35.5. The van der Waals surface area contributed by atoms with Crippen LogP contribution in [0.1, 0.15) is 21.7 Å². The normalized spacial score (nSPS) is 16.1. The van der Waals surface area contributed by atoms with Crippen LogP contribution in [-0.2, 0) is 20.8 Å². The van der Waals surface area contributed by atoms with Crippen LogP contribution in [0, 0.1) is 0 Å². The molecule has 1 aliphatic rings. The molecule has 2 heterocycles. The van der Waals surface area contributed by atoms with Crippen LogP contribution in [0.5, 0.6) is 0 Å². The molecule has 1 aliphatic heterocycles. The Morgan fingerprint density at radius 2 is 2.15 bits per heavy atom. The van der Waals surface area contributed by atoms with Crippen LogP contribution in [0.4, 0.5) is 0 Å². The van der Waals surface area contributed by atoms with Gasteiger partial charge in [-0.3, -0.25) is 14.5 Å². The van der Waals surface area contributed by atoms with Crippen LogP contribution in [0.15, 0.2) is 6.07 Å². The van der Waals surface area contributed by atoms with E-state index in [2.05, 4.69) is 9.64 Å². The van der Waals surface area contributed by atoms with E-state index in [4.69, 9.17) is 16.3 Å². The number of carbonyl (C=O) groups is 2. The van der Waals surface area contributed by atoms with Crippen molar-refractivity contribution in [3.05, 3.63) is 20.8 Å². The minimum atomic E-state index is -0.549. The highest BCUT2D eigenvalue weighted by Gasteiger charge is 2.19. The summed E-state index contributed by atoms with van der Waals surface area (Å²) >= 11 is 7.47. The number of morpholine rings is 1. The number of hydrogen-bond donors (Lipinski definition) is 0. The Kier molecular flexibility index (Phi) is 5.54. The molecule has 0 aliphatic carbocycles. The lowest BCUT2D eigenvalue weighted by atomic mass is 10.1. The van der Waals surface area contributed by atoms with E-state index in [1.54, 1.807) is 6.07 Å². The van der Waals surface area contributed by atoms with Gasteiger partial charge in [0.2, 0.25) is 0 Å². The van der Waals surface area contributed by atoms with Gasteiger partial charge in [0.1, 0.15) is 10.8 Å². The standard InChI is InChI=1S/C13H16ClNO4S/c1-18-12(17)7-11(16)10-6-9(20-13(10)14)8-15-2-4-19-5-3-15/h6H,2-5,7-8H2,1H3. The molecule has 0 atom stereocenters. The molecule has 0 bridgehead atoms. The van der Waals surface area contributed by atoms with E-state index in [0.717, 1.165) is 37.7 Å². The molecule has 1 aromatic heterocycles. The fraction of sp³-hybridized carbons (Fsp3) is 0.538. The molecule has 1 fully saturated rings. The molecule has 0 N–H and O–H groups in total. The van der Waals surface area contributed by atoms with Crippen LogP contribution in [0.3, 0.4) is 0 Å². The van der Waals surface area contributed by atoms with Crippen LogP contribution in [-0.4, -0.2) is 50.1 Å². The lowest BCUT2D eigenvalue weighted by Gasteiger charge is -2.25. The molecule has 5 nitrogen and oxygen atoms in total. The summed E-state index contributed by atoms with van der Waals surface area (Å²) in [5, 5.41) is 0. The van der Waals surface area contributed by atoms with Crippen molar-refractivity contribution in [1.82, 2.24) is 4.90 Å². The number of hydrogen-bond acceptors (Lipinski definition) is 6. The molecule has 110 valence electrons. The Balaban J connectivity index is 2.01. The number of ether oxygens (including phenoxy) is 2. The van der Waals surface area contributed by atoms with Crippen molar-refractivity contribution in [2.24, 2.45) is 0 Å². The molecule has 1 aromatic rings. The van der Waals surface area contributed by atoms with Crippen molar-refractivity contribution in [3.8, 4) is 0 Å². The maximum absolute atomic E-state index is 11.9. The van der Waals surface area contributed by atoms with Gasteiger partial charge >= 0.3 is 5.97 Å². The van der Waals surface area contributed by atoms with Crippen molar-refractivity contribution in [3.63, 3.8) is 0 Å². The molecule has 0 amide bonds. The van der Waals surface area contributed by atoms with Gasteiger partial charge in [-0.1, -0.05) is 11.6 Å². The molecule has 2 rings (SSSR count). The van der Waals surface area contributed by atoms with Gasteiger partial charge in [0.15, 0.2) is 5.78 Å². The molecular weight excluding hydrogens is 302 g/mol. The van der Waals surface area contributed by atoms with Gasteiger partial charge in [-0.05, 0) is 6.07 Å². The third-order valence-corrected chi connectivity index (χ3v) is 4.40. The van der Waals surface area contributed by atoms with Crippen LogP contribution >= 0.6 is 22.9 Å². The van der Waals surface area contributed by atoms with E-state index in [1.165, 1.54) is 18.4 Å².